The van der Waals surface area contributed by atoms with Crippen LogP contribution in [-0.2, 0) is 4.74 Å². The highest BCUT2D eigenvalue weighted by Crippen LogP contribution is 2.17. The van der Waals surface area contributed by atoms with Gasteiger partial charge in [-0.15, -0.1) is 0 Å². The van der Waals surface area contributed by atoms with Crippen LogP contribution < -0.4 is 0 Å². The molecule has 0 N–H and O–H groups in total. The number of hydrogen-bond donors (Lipinski definition) is 0. The van der Waals surface area contributed by atoms with Gasteiger partial charge < -0.3 is 4.74 Å². The molecule has 0 aliphatic rings. The molecule has 0 aromatic rings. The summed E-state index contributed by atoms with van der Waals surface area (Å²) in [6.07, 6.45) is -3.34. The predicted octanol–water partition coefficient (Wildman–Crippen LogP) is 2.08. The van der Waals surface area contributed by atoms with Gasteiger partial charge in [-0.3, -0.25) is 0 Å². The summed E-state index contributed by atoms with van der Waals surface area (Å²) in [7, 11) is 0. The molecular formula is C5H5F3OS. The molecule has 0 aromatic heterocycles. The first kappa shape index (κ1) is 9.42. The molecule has 0 aromatic carbocycles. The highest BCUT2D eigenvalue weighted by molar-refractivity contribution is 7.80. The Morgan fingerprint density at radius 2 is 2.10 bits per heavy atom. The van der Waals surface area contributed by atoms with E-state index in [1.54, 1.807) is 0 Å². The van der Waals surface area contributed by atoms with Crippen molar-refractivity contribution in [2.75, 3.05) is 6.61 Å². The van der Waals surface area contributed by atoms with Gasteiger partial charge in [-0.25, -0.2) is 0 Å². The second-order valence-electron chi connectivity index (χ2n) is 1.38. The predicted molar refractivity (Wildman–Crippen MR) is 34.8 cm³/mol. The summed E-state index contributed by atoms with van der Waals surface area (Å²) in [6, 6.07) is 0. The summed E-state index contributed by atoms with van der Waals surface area (Å²) in [5.74, 6) is 0. The fraction of sp³-hybridized carbons (Fsp3) is 0.400. The normalized spacial score (nSPS) is 10.7. The van der Waals surface area contributed by atoms with Crippen LogP contribution in [0.5, 0.6) is 0 Å². The van der Waals surface area contributed by atoms with E-state index < -0.39 is 11.2 Å². The molecule has 0 fully saturated rings. The van der Waals surface area contributed by atoms with Crippen molar-refractivity contribution in [2.45, 2.75) is 6.18 Å². The number of hydrogen-bond acceptors (Lipinski definition) is 2. The van der Waals surface area contributed by atoms with Crippen LogP contribution in [-0.4, -0.2) is 17.8 Å². The van der Waals surface area contributed by atoms with Gasteiger partial charge in [0.25, 0.3) is 5.05 Å². The van der Waals surface area contributed by atoms with E-state index in [1.165, 1.54) is 6.08 Å². The van der Waals surface area contributed by atoms with E-state index in [1.807, 2.05) is 0 Å². The Balaban J connectivity index is 3.74. The van der Waals surface area contributed by atoms with Gasteiger partial charge in [-0.05, 0) is 12.2 Å². The topological polar surface area (TPSA) is 9.23 Å². The number of rotatable bonds is 2. The summed E-state index contributed by atoms with van der Waals surface area (Å²) >= 11 is 3.86. The molecule has 0 unspecified atom stereocenters. The molecule has 1 nitrogen and oxygen atoms in total. The van der Waals surface area contributed by atoms with Crippen LogP contribution in [0.1, 0.15) is 0 Å². The fourth-order valence-corrected chi connectivity index (χ4v) is 0.284. The summed E-state index contributed by atoms with van der Waals surface area (Å²) in [5, 5.41) is -1.35. The first-order valence-electron chi connectivity index (χ1n) is 2.33. The highest BCUT2D eigenvalue weighted by atomic mass is 32.1. The third kappa shape index (κ3) is 3.45. The lowest BCUT2D eigenvalue weighted by Gasteiger charge is -2.06. The summed E-state index contributed by atoms with van der Waals surface area (Å²) in [6.45, 7) is 2.95. The van der Waals surface area contributed by atoms with Gasteiger partial charge in [0.15, 0.2) is 0 Å². The molecule has 58 valence electrons. The van der Waals surface area contributed by atoms with Crippen LogP contribution in [0, 0.1) is 0 Å². The Bertz CT molecular complexity index is 140. The summed E-state index contributed by atoms with van der Waals surface area (Å²) < 4.78 is 38.5. The minimum absolute atomic E-state index is 0.210. The smallest absolute Gasteiger partial charge is 0.460 e. The molecule has 0 saturated carbocycles. The van der Waals surface area contributed by atoms with Crippen molar-refractivity contribution in [3.8, 4) is 0 Å². The third-order valence-corrected chi connectivity index (χ3v) is 0.913. The Morgan fingerprint density at radius 1 is 1.60 bits per heavy atom. The SMILES string of the molecule is C=CCOC(=S)C(F)(F)F. The minimum Gasteiger partial charge on any atom is -0.476 e. The van der Waals surface area contributed by atoms with Crippen molar-refractivity contribution in [3.63, 3.8) is 0 Å². The lowest BCUT2D eigenvalue weighted by Crippen LogP contribution is -2.23. The first-order chi connectivity index (χ1) is 4.48. The van der Waals surface area contributed by atoms with E-state index in [0.29, 0.717) is 0 Å². The number of alkyl halides is 3. The largest absolute Gasteiger partial charge is 0.476 e. The monoisotopic (exact) mass is 170 g/mol. The molecule has 0 saturated heterocycles. The second kappa shape index (κ2) is 3.55. The molecule has 0 radical (unpaired) electrons. The van der Waals surface area contributed by atoms with Gasteiger partial charge in [-0.2, -0.15) is 13.2 Å². The van der Waals surface area contributed by atoms with Crippen molar-refractivity contribution >= 4 is 17.3 Å². The van der Waals surface area contributed by atoms with Crippen LogP contribution in [0.3, 0.4) is 0 Å². The Kier molecular flexibility index (Phi) is 3.35. The van der Waals surface area contributed by atoms with Crippen molar-refractivity contribution in [1.82, 2.24) is 0 Å². The van der Waals surface area contributed by atoms with Gasteiger partial charge in [0.05, 0.1) is 0 Å². The zero-order valence-electron chi connectivity index (χ0n) is 4.94. The average molecular weight is 170 g/mol. The maximum Gasteiger partial charge on any atom is 0.460 e. The number of halogens is 3. The van der Waals surface area contributed by atoms with Gasteiger partial charge in [0.1, 0.15) is 6.61 Å². The van der Waals surface area contributed by atoms with Gasteiger partial charge in [0, 0.05) is 0 Å². The molecule has 0 aliphatic heterocycles. The molecule has 0 bridgehead atoms. The standard InChI is InChI=1S/C5H5F3OS/c1-2-3-9-4(10)5(6,7)8/h2H,1,3H2. The van der Waals surface area contributed by atoms with Crippen LogP contribution in [0.15, 0.2) is 12.7 Å². The van der Waals surface area contributed by atoms with Crippen LogP contribution in [0.4, 0.5) is 13.2 Å². The van der Waals surface area contributed by atoms with Crippen LogP contribution in [0.25, 0.3) is 0 Å². The number of ether oxygens (including phenoxy) is 1. The van der Waals surface area contributed by atoms with E-state index in [4.69, 9.17) is 0 Å². The molecule has 0 heterocycles. The van der Waals surface area contributed by atoms with Gasteiger partial charge in [0.2, 0.25) is 0 Å². The maximum absolute atomic E-state index is 11.5. The molecular weight excluding hydrogens is 165 g/mol. The summed E-state index contributed by atoms with van der Waals surface area (Å²) in [5.41, 5.74) is 0. The van der Waals surface area contributed by atoms with E-state index >= 15 is 0 Å². The Labute approximate surface area is 61.5 Å². The van der Waals surface area contributed by atoms with Crippen molar-refractivity contribution in [2.24, 2.45) is 0 Å². The lowest BCUT2D eigenvalue weighted by atomic mass is 10.6. The molecule has 0 spiro atoms. The molecule has 0 amide bonds. The average Bonchev–Trinajstić information content (AvgIpc) is 1.80. The van der Waals surface area contributed by atoms with Crippen molar-refractivity contribution < 1.29 is 17.9 Å². The van der Waals surface area contributed by atoms with Crippen molar-refractivity contribution in [1.29, 1.82) is 0 Å². The van der Waals surface area contributed by atoms with Gasteiger partial charge in [-0.1, -0.05) is 12.7 Å². The zero-order chi connectivity index (χ0) is 8.20. The van der Waals surface area contributed by atoms with E-state index in [-0.39, 0.29) is 6.61 Å². The zero-order valence-corrected chi connectivity index (χ0v) is 5.76. The third-order valence-electron chi connectivity index (χ3n) is 0.564. The van der Waals surface area contributed by atoms with E-state index in [9.17, 15) is 13.2 Å². The van der Waals surface area contributed by atoms with E-state index in [2.05, 4.69) is 23.5 Å². The van der Waals surface area contributed by atoms with E-state index in [0.717, 1.165) is 0 Å². The number of thiocarbonyl (C=S) groups is 1. The molecule has 0 atom stereocenters. The maximum atomic E-state index is 11.5. The second-order valence-corrected chi connectivity index (χ2v) is 1.76. The van der Waals surface area contributed by atoms with Crippen molar-refractivity contribution in [3.05, 3.63) is 12.7 Å². The Hall–Kier alpha value is -0.580. The van der Waals surface area contributed by atoms with Crippen LogP contribution >= 0.6 is 12.2 Å². The minimum atomic E-state index is -4.53. The fourth-order valence-electron chi connectivity index (χ4n) is 0.216. The summed E-state index contributed by atoms with van der Waals surface area (Å²) in [4.78, 5) is 0. The van der Waals surface area contributed by atoms with Gasteiger partial charge >= 0.3 is 6.18 Å². The molecule has 5 heteroatoms. The Morgan fingerprint density at radius 3 is 2.40 bits per heavy atom. The highest BCUT2D eigenvalue weighted by Gasteiger charge is 2.35. The van der Waals surface area contributed by atoms with Crippen LogP contribution in [0.2, 0.25) is 0 Å². The first-order valence-corrected chi connectivity index (χ1v) is 2.74. The lowest BCUT2D eigenvalue weighted by molar-refractivity contribution is -0.0734. The quantitative estimate of drug-likeness (QED) is 0.463. The molecule has 0 aliphatic carbocycles. The molecule has 0 rings (SSSR count). The molecule has 10 heavy (non-hydrogen) atoms.